The van der Waals surface area contributed by atoms with E-state index in [4.69, 9.17) is 9.47 Å². The summed E-state index contributed by atoms with van der Waals surface area (Å²) in [7, 11) is 4.87. The second-order valence-corrected chi connectivity index (χ2v) is 7.64. The van der Waals surface area contributed by atoms with E-state index in [0.29, 0.717) is 57.6 Å². The van der Waals surface area contributed by atoms with Crippen molar-refractivity contribution in [2.24, 2.45) is 5.10 Å². The first-order chi connectivity index (χ1) is 16.4. The van der Waals surface area contributed by atoms with Crippen molar-refractivity contribution in [2.75, 3.05) is 21.3 Å². The number of rotatable bonds is 8. The van der Waals surface area contributed by atoms with Crippen LogP contribution in [-0.4, -0.2) is 58.8 Å². The molecule has 176 valence electrons. The number of aromatic nitrogens is 4. The van der Waals surface area contributed by atoms with E-state index < -0.39 is 0 Å². The largest absolute Gasteiger partial charge is 0.497 e. The minimum Gasteiger partial charge on any atom is -0.497 e. The number of hydrogen-bond donors (Lipinski definition) is 3. The highest BCUT2D eigenvalue weighted by Gasteiger charge is 2.29. The predicted molar refractivity (Wildman–Crippen MR) is 128 cm³/mol. The SMILES string of the molecule is C=NN(C)/C=C1\CC(NC(C)c2ncccn2)=C(c2nc3c(OC)cc(OC)cc3[nH]2)C(=O)N1. The van der Waals surface area contributed by atoms with Crippen LogP contribution >= 0.6 is 0 Å². The lowest BCUT2D eigenvalue weighted by Gasteiger charge is -2.26. The first-order valence-corrected chi connectivity index (χ1v) is 10.5. The minimum atomic E-state index is -0.316. The maximum Gasteiger partial charge on any atom is 0.261 e. The zero-order valence-electron chi connectivity index (χ0n) is 19.4. The molecule has 2 aromatic heterocycles. The van der Waals surface area contributed by atoms with Gasteiger partial charge in [0.2, 0.25) is 0 Å². The topological polar surface area (TPSA) is 130 Å². The number of H-pyrrole nitrogens is 1. The van der Waals surface area contributed by atoms with Crippen LogP contribution in [0.5, 0.6) is 11.5 Å². The van der Waals surface area contributed by atoms with Crippen molar-refractivity contribution in [1.82, 2.24) is 35.6 Å². The number of ether oxygens (including phenoxy) is 2. The Morgan fingerprint density at radius 3 is 2.71 bits per heavy atom. The van der Waals surface area contributed by atoms with E-state index in [1.165, 1.54) is 5.01 Å². The highest BCUT2D eigenvalue weighted by Crippen LogP contribution is 2.33. The van der Waals surface area contributed by atoms with Crippen LogP contribution in [-0.2, 0) is 4.79 Å². The Morgan fingerprint density at radius 2 is 2.03 bits per heavy atom. The van der Waals surface area contributed by atoms with E-state index in [1.54, 1.807) is 58.1 Å². The van der Waals surface area contributed by atoms with Crippen molar-refractivity contribution in [3.05, 3.63) is 59.8 Å². The summed E-state index contributed by atoms with van der Waals surface area (Å²) >= 11 is 0. The van der Waals surface area contributed by atoms with E-state index in [2.05, 4.69) is 42.4 Å². The fourth-order valence-corrected chi connectivity index (χ4v) is 3.70. The molecule has 1 aliphatic rings. The molecule has 1 atom stereocenters. The molecular formula is C23H26N8O3. The zero-order chi connectivity index (χ0) is 24.2. The lowest BCUT2D eigenvalue weighted by Crippen LogP contribution is -2.35. The molecule has 0 saturated heterocycles. The molecule has 3 N–H and O–H groups in total. The molecule has 4 rings (SSSR count). The van der Waals surface area contributed by atoms with Gasteiger partial charge in [-0.15, -0.1) is 0 Å². The molecule has 0 spiro atoms. The van der Waals surface area contributed by atoms with Gasteiger partial charge in [0.25, 0.3) is 5.91 Å². The van der Waals surface area contributed by atoms with E-state index in [9.17, 15) is 4.79 Å². The van der Waals surface area contributed by atoms with Gasteiger partial charge in [-0.3, -0.25) is 9.80 Å². The van der Waals surface area contributed by atoms with Crippen molar-refractivity contribution >= 4 is 29.2 Å². The third-order valence-electron chi connectivity index (χ3n) is 5.32. The molecule has 1 aromatic carbocycles. The number of aromatic amines is 1. The number of amides is 1. The third kappa shape index (κ3) is 4.53. The lowest BCUT2D eigenvalue weighted by molar-refractivity contribution is -0.115. The van der Waals surface area contributed by atoms with Crippen LogP contribution in [0.25, 0.3) is 16.6 Å². The quantitative estimate of drug-likeness (QED) is 0.344. The summed E-state index contributed by atoms with van der Waals surface area (Å²) in [5, 5.41) is 11.7. The Labute approximate surface area is 196 Å². The van der Waals surface area contributed by atoms with Crippen molar-refractivity contribution in [3.8, 4) is 11.5 Å². The monoisotopic (exact) mass is 462 g/mol. The van der Waals surface area contributed by atoms with Gasteiger partial charge in [-0.1, -0.05) is 0 Å². The standard InChI is InChI=1S/C23H26N8O3/c1-13(21-25-7-6-8-26-21)27-16-9-14(12-31(3)24-2)28-23(32)19(16)22-29-17-10-15(33-4)11-18(34-5)20(17)30-22/h6-8,10-13,27H,2,9H2,1,3-5H3,(H,28,32)(H,29,30)/b14-12+. The van der Waals surface area contributed by atoms with Crippen LogP contribution in [0.3, 0.4) is 0 Å². The minimum absolute atomic E-state index is 0.257. The van der Waals surface area contributed by atoms with Crippen LogP contribution in [0, 0.1) is 0 Å². The van der Waals surface area contributed by atoms with Gasteiger partial charge in [-0.05, 0) is 13.0 Å². The maximum absolute atomic E-state index is 13.3. The molecule has 11 heteroatoms. The number of hydrogen-bond acceptors (Lipinski definition) is 9. The van der Waals surface area contributed by atoms with Gasteiger partial charge in [-0.2, -0.15) is 5.10 Å². The Balaban J connectivity index is 1.82. The number of carbonyl (C=O) groups is 1. The zero-order valence-corrected chi connectivity index (χ0v) is 19.4. The van der Waals surface area contributed by atoms with E-state index >= 15 is 0 Å². The van der Waals surface area contributed by atoms with Gasteiger partial charge in [0, 0.05) is 62.3 Å². The fraction of sp³-hybridized carbons (Fsp3) is 0.261. The first kappa shape index (κ1) is 22.8. The highest BCUT2D eigenvalue weighted by molar-refractivity contribution is 6.21. The highest BCUT2D eigenvalue weighted by atomic mass is 16.5. The number of benzene rings is 1. The lowest BCUT2D eigenvalue weighted by atomic mass is 10.0. The van der Waals surface area contributed by atoms with Crippen molar-refractivity contribution in [3.63, 3.8) is 0 Å². The van der Waals surface area contributed by atoms with E-state index in [1.807, 2.05) is 6.92 Å². The fourth-order valence-electron chi connectivity index (χ4n) is 3.70. The van der Waals surface area contributed by atoms with Gasteiger partial charge in [0.1, 0.15) is 34.2 Å². The van der Waals surface area contributed by atoms with Crippen molar-refractivity contribution < 1.29 is 14.3 Å². The van der Waals surface area contributed by atoms with Crippen molar-refractivity contribution in [2.45, 2.75) is 19.4 Å². The van der Waals surface area contributed by atoms with E-state index in [-0.39, 0.29) is 11.9 Å². The maximum atomic E-state index is 13.3. The number of hydrazone groups is 1. The summed E-state index contributed by atoms with van der Waals surface area (Å²) in [5.74, 6) is 1.83. The molecule has 11 nitrogen and oxygen atoms in total. The Morgan fingerprint density at radius 1 is 1.26 bits per heavy atom. The van der Waals surface area contributed by atoms with Crippen LogP contribution in [0.1, 0.15) is 31.0 Å². The molecule has 3 aromatic rings. The summed E-state index contributed by atoms with van der Waals surface area (Å²) < 4.78 is 10.8. The summed E-state index contributed by atoms with van der Waals surface area (Å²) in [4.78, 5) is 29.9. The molecule has 1 unspecified atom stereocenters. The molecule has 1 aliphatic heterocycles. The molecule has 0 fully saturated rings. The Bertz CT molecular complexity index is 1280. The smallest absolute Gasteiger partial charge is 0.261 e. The summed E-state index contributed by atoms with van der Waals surface area (Å²) in [6, 6.07) is 5.05. The normalized spacial score (nSPS) is 15.8. The first-order valence-electron chi connectivity index (χ1n) is 10.5. The molecule has 34 heavy (non-hydrogen) atoms. The van der Waals surface area contributed by atoms with Crippen LogP contribution < -0.4 is 20.1 Å². The average molecular weight is 463 g/mol. The number of nitrogens with zero attached hydrogens (tertiary/aromatic N) is 5. The van der Waals surface area contributed by atoms with Crippen LogP contribution in [0.2, 0.25) is 0 Å². The Kier molecular flexibility index (Phi) is 6.44. The number of fused-ring (bicyclic) bond motifs is 1. The summed E-state index contributed by atoms with van der Waals surface area (Å²) in [5.41, 5.74) is 2.98. The summed E-state index contributed by atoms with van der Waals surface area (Å²) in [6.07, 6.45) is 5.46. The van der Waals surface area contributed by atoms with Gasteiger partial charge < -0.3 is 25.1 Å². The second-order valence-electron chi connectivity index (χ2n) is 7.64. The average Bonchev–Trinajstić information content (AvgIpc) is 3.27. The number of imidazole rings is 1. The molecular weight excluding hydrogens is 436 g/mol. The Hall–Kier alpha value is -4.41. The van der Waals surface area contributed by atoms with Crippen LogP contribution in [0.4, 0.5) is 0 Å². The molecule has 0 bridgehead atoms. The summed E-state index contributed by atoms with van der Waals surface area (Å²) in [6.45, 7) is 5.44. The number of nitrogens with one attached hydrogen (secondary N) is 3. The number of carbonyl (C=O) groups excluding carboxylic acids is 1. The molecule has 3 heterocycles. The molecule has 0 radical (unpaired) electrons. The molecule has 1 amide bonds. The van der Waals surface area contributed by atoms with Gasteiger partial charge in [0.15, 0.2) is 0 Å². The van der Waals surface area contributed by atoms with Gasteiger partial charge >= 0.3 is 0 Å². The van der Waals surface area contributed by atoms with Crippen LogP contribution in [0.15, 0.2) is 53.3 Å². The number of methoxy groups -OCH3 is 2. The molecule has 0 saturated carbocycles. The van der Waals surface area contributed by atoms with Crippen molar-refractivity contribution in [1.29, 1.82) is 0 Å². The molecule has 0 aliphatic carbocycles. The third-order valence-corrected chi connectivity index (χ3v) is 5.32. The van der Waals surface area contributed by atoms with E-state index in [0.717, 1.165) is 0 Å². The van der Waals surface area contributed by atoms with Gasteiger partial charge in [-0.25, -0.2) is 15.0 Å². The van der Waals surface area contributed by atoms with Gasteiger partial charge in [0.05, 0.1) is 25.8 Å². The predicted octanol–water partition coefficient (Wildman–Crippen LogP) is 2.34. The second kappa shape index (κ2) is 9.61.